The summed E-state index contributed by atoms with van der Waals surface area (Å²) in [6, 6.07) is 2.99. The summed E-state index contributed by atoms with van der Waals surface area (Å²) in [6.07, 6.45) is 1.61. The molecule has 0 aliphatic carbocycles. The zero-order valence-corrected chi connectivity index (χ0v) is 5.76. The summed E-state index contributed by atoms with van der Waals surface area (Å²) < 4.78 is 4.81. The minimum Gasteiger partial charge on any atom is -0.378 e. The lowest BCUT2D eigenvalue weighted by atomic mass is 10.4. The van der Waals surface area contributed by atoms with Crippen LogP contribution < -0.4 is 5.43 Å². The molecule has 0 saturated carbocycles. The molecule has 0 atom stereocenters. The maximum Gasteiger partial charge on any atom is 0.181 e. The highest BCUT2D eigenvalue weighted by atomic mass is 16.5. The largest absolute Gasteiger partial charge is 0.378 e. The molecular formula is C7H9NO2. The van der Waals surface area contributed by atoms with Crippen molar-refractivity contribution in [3.05, 3.63) is 34.2 Å². The molecule has 1 aromatic rings. The number of rotatable bonds is 2. The van der Waals surface area contributed by atoms with Crippen LogP contribution >= 0.6 is 0 Å². The molecule has 0 bridgehead atoms. The van der Waals surface area contributed by atoms with Crippen molar-refractivity contribution in [2.24, 2.45) is 0 Å². The number of hydrogen-bond acceptors (Lipinski definition) is 2. The van der Waals surface area contributed by atoms with Crippen molar-refractivity contribution in [3.63, 3.8) is 0 Å². The number of pyridine rings is 1. The first-order chi connectivity index (χ1) is 4.83. The van der Waals surface area contributed by atoms with Crippen LogP contribution in [-0.4, -0.2) is 12.1 Å². The summed E-state index contributed by atoms with van der Waals surface area (Å²) in [6.45, 7) is 0.454. The van der Waals surface area contributed by atoms with Gasteiger partial charge in [-0.1, -0.05) is 0 Å². The Morgan fingerprint density at radius 2 is 2.50 bits per heavy atom. The molecule has 54 valence electrons. The van der Waals surface area contributed by atoms with E-state index in [4.69, 9.17) is 4.74 Å². The number of aromatic nitrogens is 1. The second kappa shape index (κ2) is 3.17. The molecule has 0 radical (unpaired) electrons. The molecule has 10 heavy (non-hydrogen) atoms. The topological polar surface area (TPSA) is 42.1 Å². The third kappa shape index (κ3) is 1.70. The van der Waals surface area contributed by atoms with Crippen LogP contribution in [-0.2, 0) is 11.3 Å². The molecular weight excluding hydrogens is 130 g/mol. The van der Waals surface area contributed by atoms with E-state index in [0.717, 1.165) is 5.69 Å². The van der Waals surface area contributed by atoms with Gasteiger partial charge in [0.15, 0.2) is 5.43 Å². The van der Waals surface area contributed by atoms with Gasteiger partial charge in [-0.25, -0.2) is 0 Å². The quantitative estimate of drug-likeness (QED) is 0.649. The first kappa shape index (κ1) is 7.02. The average molecular weight is 139 g/mol. The maximum absolute atomic E-state index is 10.7. The third-order valence-electron chi connectivity index (χ3n) is 1.13. The average Bonchev–Trinajstić information content (AvgIpc) is 1.88. The number of methoxy groups -OCH3 is 1. The van der Waals surface area contributed by atoms with Gasteiger partial charge >= 0.3 is 0 Å². The lowest BCUT2D eigenvalue weighted by molar-refractivity contribution is 0.181. The Balaban J connectivity index is 2.85. The number of ether oxygens (including phenoxy) is 1. The van der Waals surface area contributed by atoms with Crippen LogP contribution in [0.25, 0.3) is 0 Å². The fraction of sp³-hybridized carbons (Fsp3) is 0.286. The number of nitrogens with one attached hydrogen (secondary N) is 1. The molecule has 0 saturated heterocycles. The van der Waals surface area contributed by atoms with Crippen molar-refractivity contribution in [2.75, 3.05) is 7.11 Å². The molecule has 0 unspecified atom stereocenters. The molecule has 0 amide bonds. The molecule has 3 heteroatoms. The Morgan fingerprint density at radius 3 is 3.10 bits per heavy atom. The lowest BCUT2D eigenvalue weighted by Gasteiger charge is -1.95. The first-order valence-corrected chi connectivity index (χ1v) is 2.99. The van der Waals surface area contributed by atoms with E-state index in [1.54, 1.807) is 13.3 Å². The predicted octanol–water partition coefficient (Wildman–Crippen LogP) is 0.521. The molecule has 1 heterocycles. The molecule has 1 rings (SSSR count). The summed E-state index contributed by atoms with van der Waals surface area (Å²) in [7, 11) is 1.59. The van der Waals surface area contributed by atoms with Crippen LogP contribution in [0.5, 0.6) is 0 Å². The maximum atomic E-state index is 10.7. The van der Waals surface area contributed by atoms with E-state index in [0.29, 0.717) is 6.61 Å². The summed E-state index contributed by atoms with van der Waals surface area (Å²) in [4.78, 5) is 13.6. The summed E-state index contributed by atoms with van der Waals surface area (Å²) in [5, 5.41) is 0. The normalized spacial score (nSPS) is 9.70. The molecule has 1 N–H and O–H groups in total. The van der Waals surface area contributed by atoms with Gasteiger partial charge in [0, 0.05) is 31.1 Å². The molecule has 0 fully saturated rings. The number of hydrogen-bond donors (Lipinski definition) is 1. The van der Waals surface area contributed by atoms with Crippen molar-refractivity contribution >= 4 is 0 Å². The van der Waals surface area contributed by atoms with Crippen LogP contribution in [0.1, 0.15) is 5.69 Å². The minimum atomic E-state index is 0.00537. The van der Waals surface area contributed by atoms with Crippen molar-refractivity contribution in [3.8, 4) is 0 Å². The molecule has 0 spiro atoms. The highest BCUT2D eigenvalue weighted by molar-refractivity contribution is 5.02. The zero-order valence-electron chi connectivity index (χ0n) is 5.76. The Bertz CT molecular complexity index is 254. The van der Waals surface area contributed by atoms with Crippen LogP contribution in [0.3, 0.4) is 0 Å². The van der Waals surface area contributed by atoms with Gasteiger partial charge < -0.3 is 9.72 Å². The van der Waals surface area contributed by atoms with E-state index >= 15 is 0 Å². The van der Waals surface area contributed by atoms with Crippen LogP contribution in [0, 0.1) is 0 Å². The van der Waals surface area contributed by atoms with E-state index in [2.05, 4.69) is 4.98 Å². The molecule has 1 aromatic heterocycles. The van der Waals surface area contributed by atoms with E-state index < -0.39 is 0 Å². The van der Waals surface area contributed by atoms with E-state index in [1.807, 2.05) is 0 Å². The Labute approximate surface area is 58.7 Å². The van der Waals surface area contributed by atoms with Gasteiger partial charge in [0.1, 0.15) is 0 Å². The summed E-state index contributed by atoms with van der Waals surface area (Å²) >= 11 is 0. The fourth-order valence-corrected chi connectivity index (χ4v) is 0.731. The van der Waals surface area contributed by atoms with Gasteiger partial charge in [0.25, 0.3) is 0 Å². The van der Waals surface area contributed by atoms with Crippen molar-refractivity contribution < 1.29 is 4.74 Å². The first-order valence-electron chi connectivity index (χ1n) is 2.99. The number of aromatic amines is 1. The van der Waals surface area contributed by atoms with Crippen molar-refractivity contribution in [1.82, 2.24) is 4.98 Å². The van der Waals surface area contributed by atoms with Gasteiger partial charge in [-0.2, -0.15) is 0 Å². The number of H-pyrrole nitrogens is 1. The van der Waals surface area contributed by atoms with Gasteiger partial charge in [-0.15, -0.1) is 0 Å². The van der Waals surface area contributed by atoms with E-state index in [9.17, 15) is 4.79 Å². The Kier molecular flexibility index (Phi) is 2.23. The lowest BCUT2D eigenvalue weighted by Crippen LogP contribution is -2.01. The zero-order chi connectivity index (χ0) is 7.40. The van der Waals surface area contributed by atoms with Gasteiger partial charge in [-0.3, -0.25) is 4.79 Å². The fourth-order valence-electron chi connectivity index (χ4n) is 0.731. The predicted molar refractivity (Wildman–Crippen MR) is 37.8 cm³/mol. The molecule has 0 aliphatic heterocycles. The highest BCUT2D eigenvalue weighted by Crippen LogP contribution is 1.89. The van der Waals surface area contributed by atoms with Gasteiger partial charge in [0.2, 0.25) is 0 Å². The van der Waals surface area contributed by atoms with E-state index in [1.165, 1.54) is 12.1 Å². The third-order valence-corrected chi connectivity index (χ3v) is 1.13. The smallest absolute Gasteiger partial charge is 0.181 e. The second-order valence-electron chi connectivity index (χ2n) is 1.98. The Morgan fingerprint density at radius 1 is 1.70 bits per heavy atom. The Hall–Kier alpha value is -1.09. The van der Waals surface area contributed by atoms with Crippen LogP contribution in [0.2, 0.25) is 0 Å². The van der Waals surface area contributed by atoms with Crippen molar-refractivity contribution in [1.29, 1.82) is 0 Å². The monoisotopic (exact) mass is 139 g/mol. The van der Waals surface area contributed by atoms with Gasteiger partial charge in [0.05, 0.1) is 6.61 Å². The summed E-state index contributed by atoms with van der Waals surface area (Å²) in [5.74, 6) is 0. The minimum absolute atomic E-state index is 0.00537. The van der Waals surface area contributed by atoms with Crippen LogP contribution in [0.4, 0.5) is 0 Å². The SMILES string of the molecule is COCc1cc(=O)cc[nH]1. The summed E-state index contributed by atoms with van der Waals surface area (Å²) in [5.41, 5.74) is 0.806. The second-order valence-corrected chi connectivity index (χ2v) is 1.98. The van der Waals surface area contributed by atoms with Crippen LogP contribution in [0.15, 0.2) is 23.1 Å². The van der Waals surface area contributed by atoms with E-state index in [-0.39, 0.29) is 5.43 Å². The molecule has 0 aromatic carbocycles. The standard InChI is InChI=1S/C7H9NO2/c1-10-5-6-4-7(9)2-3-8-6/h2-4H,5H2,1H3,(H,8,9). The van der Waals surface area contributed by atoms with Crippen molar-refractivity contribution in [2.45, 2.75) is 6.61 Å². The highest BCUT2D eigenvalue weighted by Gasteiger charge is 1.89. The molecule has 0 aliphatic rings. The molecule has 3 nitrogen and oxygen atoms in total. The van der Waals surface area contributed by atoms with Gasteiger partial charge in [-0.05, 0) is 0 Å².